The van der Waals surface area contributed by atoms with Crippen molar-refractivity contribution in [1.82, 2.24) is 4.90 Å². The Morgan fingerprint density at radius 2 is 1.43 bits per heavy atom. The first-order valence-corrected chi connectivity index (χ1v) is 9.37. The second kappa shape index (κ2) is 8.49. The highest BCUT2D eigenvalue weighted by Gasteiger charge is 2.22. The normalized spacial score (nSPS) is 16.2. The molecule has 0 radical (unpaired) electrons. The van der Waals surface area contributed by atoms with Crippen molar-refractivity contribution in [3.8, 4) is 0 Å². The summed E-state index contributed by atoms with van der Waals surface area (Å²) in [6.45, 7) is 13.2. The minimum Gasteiger partial charge on any atom is -0.339 e. The van der Waals surface area contributed by atoms with Crippen molar-refractivity contribution in [3.05, 3.63) is 35.4 Å². The Balaban J connectivity index is 2.05. The molecule has 0 aromatic heterocycles. The van der Waals surface area contributed by atoms with Crippen molar-refractivity contribution in [2.24, 2.45) is 0 Å². The summed E-state index contributed by atoms with van der Waals surface area (Å²) in [5, 5.41) is 0. The third kappa shape index (κ3) is 4.57. The number of amides is 1. The Morgan fingerprint density at radius 3 is 1.91 bits per heavy atom. The van der Waals surface area contributed by atoms with E-state index < -0.39 is 0 Å². The SMILES string of the molecule is CC[N+](CC)(CC)Cc1ccc(C(=O)N2CCCCCC2)cc1. The van der Waals surface area contributed by atoms with Gasteiger partial charge in [-0.2, -0.15) is 0 Å². The number of benzene rings is 1. The molecule has 1 aliphatic heterocycles. The van der Waals surface area contributed by atoms with Gasteiger partial charge >= 0.3 is 0 Å². The lowest BCUT2D eigenvalue weighted by Crippen LogP contribution is -2.46. The van der Waals surface area contributed by atoms with Crippen molar-refractivity contribution in [3.63, 3.8) is 0 Å². The molecule has 1 aromatic carbocycles. The smallest absolute Gasteiger partial charge is 0.253 e. The van der Waals surface area contributed by atoms with Gasteiger partial charge in [0.25, 0.3) is 5.91 Å². The van der Waals surface area contributed by atoms with Gasteiger partial charge in [0.1, 0.15) is 6.54 Å². The molecule has 2 rings (SSSR count). The minimum atomic E-state index is 0.209. The molecule has 0 unspecified atom stereocenters. The van der Waals surface area contributed by atoms with Crippen LogP contribution < -0.4 is 0 Å². The third-order valence-electron chi connectivity index (χ3n) is 5.62. The zero-order valence-corrected chi connectivity index (χ0v) is 15.2. The van der Waals surface area contributed by atoms with Crippen LogP contribution in [0.15, 0.2) is 24.3 Å². The van der Waals surface area contributed by atoms with E-state index in [4.69, 9.17) is 0 Å². The third-order valence-corrected chi connectivity index (χ3v) is 5.62. The average molecular weight is 317 g/mol. The van der Waals surface area contributed by atoms with E-state index >= 15 is 0 Å². The molecule has 0 spiro atoms. The van der Waals surface area contributed by atoms with Gasteiger partial charge in [-0.3, -0.25) is 4.79 Å². The first-order valence-electron chi connectivity index (χ1n) is 9.37. The highest BCUT2D eigenvalue weighted by molar-refractivity contribution is 5.94. The summed E-state index contributed by atoms with van der Waals surface area (Å²) in [5.74, 6) is 0.209. The number of carbonyl (C=O) groups is 1. The van der Waals surface area contributed by atoms with Gasteiger partial charge in [-0.15, -0.1) is 0 Å². The fourth-order valence-corrected chi connectivity index (χ4v) is 3.60. The van der Waals surface area contributed by atoms with Crippen molar-refractivity contribution in [2.45, 2.75) is 53.0 Å². The van der Waals surface area contributed by atoms with Crippen molar-refractivity contribution >= 4 is 5.91 Å². The van der Waals surface area contributed by atoms with E-state index in [0.29, 0.717) is 0 Å². The maximum absolute atomic E-state index is 12.6. The lowest BCUT2D eigenvalue weighted by atomic mass is 10.1. The van der Waals surface area contributed by atoms with Crippen LogP contribution in [0.25, 0.3) is 0 Å². The summed E-state index contributed by atoms with van der Waals surface area (Å²) in [6, 6.07) is 8.36. The Labute approximate surface area is 141 Å². The van der Waals surface area contributed by atoms with Crippen LogP contribution in [0.2, 0.25) is 0 Å². The molecule has 3 nitrogen and oxygen atoms in total. The van der Waals surface area contributed by atoms with Gasteiger partial charge in [0.2, 0.25) is 0 Å². The number of rotatable bonds is 6. The molecular formula is C20H33N2O+. The van der Waals surface area contributed by atoms with Crippen LogP contribution >= 0.6 is 0 Å². The second-order valence-electron chi connectivity index (χ2n) is 6.85. The van der Waals surface area contributed by atoms with Gasteiger partial charge in [-0.05, 0) is 45.7 Å². The summed E-state index contributed by atoms with van der Waals surface area (Å²) in [6.07, 6.45) is 4.81. The summed E-state index contributed by atoms with van der Waals surface area (Å²) >= 11 is 0. The molecular weight excluding hydrogens is 284 g/mol. The molecule has 23 heavy (non-hydrogen) atoms. The first kappa shape index (κ1) is 18.0. The Bertz CT molecular complexity index is 475. The van der Waals surface area contributed by atoms with Crippen molar-refractivity contribution < 1.29 is 9.28 Å². The minimum absolute atomic E-state index is 0.209. The predicted octanol–water partition coefficient (Wildman–Crippen LogP) is 4.08. The number of likely N-dealkylation sites (tertiary alicyclic amines) is 1. The number of quaternary nitrogens is 1. The monoisotopic (exact) mass is 317 g/mol. The molecule has 0 bridgehead atoms. The van der Waals surface area contributed by atoms with Gasteiger partial charge in [0.05, 0.1) is 19.6 Å². The number of hydrogen-bond donors (Lipinski definition) is 0. The fraction of sp³-hybridized carbons (Fsp3) is 0.650. The van der Waals surface area contributed by atoms with E-state index in [1.165, 1.54) is 18.4 Å². The molecule has 0 aliphatic carbocycles. The summed E-state index contributed by atoms with van der Waals surface area (Å²) in [5.41, 5.74) is 2.18. The highest BCUT2D eigenvalue weighted by atomic mass is 16.2. The fourth-order valence-electron chi connectivity index (χ4n) is 3.60. The number of carbonyl (C=O) groups excluding carboxylic acids is 1. The molecule has 128 valence electrons. The van der Waals surface area contributed by atoms with Gasteiger partial charge < -0.3 is 9.38 Å². The molecule has 1 amide bonds. The summed E-state index contributed by atoms with van der Waals surface area (Å²) in [4.78, 5) is 14.7. The average Bonchev–Trinajstić information content (AvgIpc) is 2.89. The molecule has 1 aromatic rings. The topological polar surface area (TPSA) is 20.3 Å². The second-order valence-corrected chi connectivity index (χ2v) is 6.85. The zero-order chi connectivity index (χ0) is 16.7. The van der Waals surface area contributed by atoms with Crippen molar-refractivity contribution in [2.75, 3.05) is 32.7 Å². The number of hydrogen-bond acceptors (Lipinski definition) is 1. The molecule has 3 heteroatoms. The van der Waals surface area contributed by atoms with E-state index in [2.05, 4.69) is 32.9 Å². The van der Waals surface area contributed by atoms with E-state index in [1.54, 1.807) is 0 Å². The van der Waals surface area contributed by atoms with Crippen LogP contribution in [0.5, 0.6) is 0 Å². The molecule has 0 atom stereocenters. The summed E-state index contributed by atoms with van der Waals surface area (Å²) < 4.78 is 1.11. The quantitative estimate of drug-likeness (QED) is 0.724. The highest BCUT2D eigenvalue weighted by Crippen LogP contribution is 2.17. The van der Waals surface area contributed by atoms with Gasteiger partial charge in [0, 0.05) is 24.2 Å². The molecule has 0 saturated carbocycles. The number of nitrogens with zero attached hydrogens (tertiary/aromatic N) is 2. The van der Waals surface area contributed by atoms with Crippen LogP contribution in [0.4, 0.5) is 0 Å². The molecule has 1 fully saturated rings. The Morgan fingerprint density at radius 1 is 0.913 bits per heavy atom. The van der Waals surface area contributed by atoms with Crippen LogP contribution in [0.1, 0.15) is 62.4 Å². The molecule has 1 aliphatic rings. The molecule has 1 saturated heterocycles. The molecule has 1 heterocycles. The van der Waals surface area contributed by atoms with Gasteiger partial charge in [0.15, 0.2) is 0 Å². The maximum Gasteiger partial charge on any atom is 0.253 e. The lowest BCUT2D eigenvalue weighted by Gasteiger charge is -2.36. The molecule has 0 N–H and O–H groups in total. The van der Waals surface area contributed by atoms with Crippen LogP contribution in [0.3, 0.4) is 0 Å². The van der Waals surface area contributed by atoms with Crippen LogP contribution in [-0.4, -0.2) is 48.0 Å². The van der Waals surface area contributed by atoms with Crippen LogP contribution in [-0.2, 0) is 6.54 Å². The Hall–Kier alpha value is -1.35. The van der Waals surface area contributed by atoms with E-state index in [9.17, 15) is 4.79 Å². The van der Waals surface area contributed by atoms with E-state index in [-0.39, 0.29) is 5.91 Å². The Kier molecular flexibility index (Phi) is 6.64. The lowest BCUT2D eigenvalue weighted by molar-refractivity contribution is -0.936. The largest absolute Gasteiger partial charge is 0.339 e. The predicted molar refractivity (Wildman–Crippen MR) is 96.4 cm³/mol. The zero-order valence-electron chi connectivity index (χ0n) is 15.2. The van der Waals surface area contributed by atoms with E-state index in [1.807, 2.05) is 17.0 Å². The summed E-state index contributed by atoms with van der Waals surface area (Å²) in [7, 11) is 0. The first-order chi connectivity index (χ1) is 11.1. The van der Waals surface area contributed by atoms with Crippen molar-refractivity contribution in [1.29, 1.82) is 0 Å². The van der Waals surface area contributed by atoms with Crippen LogP contribution in [0, 0.1) is 0 Å². The standard InChI is InChI=1S/C20H33N2O/c1-4-22(5-2,6-3)17-18-11-13-19(14-12-18)20(23)21-15-9-7-8-10-16-21/h11-14H,4-10,15-17H2,1-3H3/q+1. The van der Waals surface area contributed by atoms with E-state index in [0.717, 1.165) is 62.2 Å². The van der Waals surface area contributed by atoms with Gasteiger partial charge in [-0.1, -0.05) is 25.0 Å². The van der Waals surface area contributed by atoms with Gasteiger partial charge in [-0.25, -0.2) is 0 Å². The maximum atomic E-state index is 12.6.